The fraction of sp³-hybridized carbons (Fsp3) is 0.263. The summed E-state index contributed by atoms with van der Waals surface area (Å²) in [6.07, 6.45) is 0.684. The lowest BCUT2D eigenvalue weighted by atomic mass is 10.0. The van der Waals surface area contributed by atoms with Gasteiger partial charge in [-0.3, -0.25) is 9.59 Å². The zero-order valence-corrected chi connectivity index (χ0v) is 13.9. The maximum absolute atomic E-state index is 13.5. The zero-order valence-electron chi connectivity index (χ0n) is 13.9. The monoisotopic (exact) mass is 345 g/mol. The van der Waals surface area contributed by atoms with Gasteiger partial charge in [-0.1, -0.05) is 30.3 Å². The third-order valence-electron chi connectivity index (χ3n) is 3.77. The van der Waals surface area contributed by atoms with Gasteiger partial charge in [-0.25, -0.2) is 4.39 Å². The van der Waals surface area contributed by atoms with Crippen LogP contribution in [0.1, 0.15) is 28.8 Å². The zero-order chi connectivity index (χ0) is 18.2. The van der Waals surface area contributed by atoms with Crippen LogP contribution in [0.4, 0.5) is 4.39 Å². The lowest BCUT2D eigenvalue weighted by molar-refractivity contribution is -0.137. The van der Waals surface area contributed by atoms with Gasteiger partial charge in [0.2, 0.25) is 0 Å². The number of hydrogen-bond acceptors (Lipinski definition) is 3. The van der Waals surface area contributed by atoms with Crippen molar-refractivity contribution in [2.75, 3.05) is 7.11 Å². The first-order chi connectivity index (χ1) is 12.0. The normalized spacial score (nSPS) is 11.6. The smallest absolute Gasteiger partial charge is 0.303 e. The molecule has 0 saturated heterocycles. The predicted octanol–water partition coefficient (Wildman–Crippen LogP) is 3.04. The van der Waals surface area contributed by atoms with Crippen molar-refractivity contribution in [1.29, 1.82) is 0 Å². The number of rotatable bonds is 8. The van der Waals surface area contributed by atoms with E-state index >= 15 is 0 Å². The highest BCUT2D eigenvalue weighted by Crippen LogP contribution is 2.20. The molecule has 1 atom stereocenters. The first-order valence-electron chi connectivity index (χ1n) is 7.89. The molecule has 0 aliphatic heterocycles. The molecule has 132 valence electrons. The molecule has 2 N–H and O–H groups in total. The molecule has 0 radical (unpaired) electrons. The molecule has 0 aromatic heterocycles. The van der Waals surface area contributed by atoms with Crippen LogP contribution < -0.4 is 10.1 Å². The minimum Gasteiger partial charge on any atom is -0.496 e. The number of amides is 1. The van der Waals surface area contributed by atoms with Crippen LogP contribution in [0.25, 0.3) is 0 Å². The van der Waals surface area contributed by atoms with Gasteiger partial charge < -0.3 is 15.2 Å². The van der Waals surface area contributed by atoms with Crippen LogP contribution in [0.15, 0.2) is 48.5 Å². The number of carboxylic acids is 1. The molecule has 2 rings (SSSR count). The number of carboxylic acid groups (broad SMARTS) is 1. The SMILES string of the molecule is COc1ccc(F)cc1C(=O)NC(CCC(=O)O)Cc1ccccc1. The van der Waals surface area contributed by atoms with Crippen LogP contribution in [0, 0.1) is 5.82 Å². The molecule has 0 fully saturated rings. The van der Waals surface area contributed by atoms with Gasteiger partial charge in [0.1, 0.15) is 11.6 Å². The highest BCUT2D eigenvalue weighted by atomic mass is 19.1. The molecule has 1 unspecified atom stereocenters. The van der Waals surface area contributed by atoms with E-state index in [9.17, 15) is 14.0 Å². The molecule has 2 aromatic rings. The highest BCUT2D eigenvalue weighted by Gasteiger charge is 2.19. The van der Waals surface area contributed by atoms with Gasteiger partial charge in [0.15, 0.2) is 0 Å². The molecule has 25 heavy (non-hydrogen) atoms. The molecule has 0 bridgehead atoms. The van der Waals surface area contributed by atoms with Crippen LogP contribution in [0.3, 0.4) is 0 Å². The average Bonchev–Trinajstić information content (AvgIpc) is 2.60. The van der Waals surface area contributed by atoms with Crippen LogP contribution >= 0.6 is 0 Å². The fourth-order valence-corrected chi connectivity index (χ4v) is 2.54. The fourth-order valence-electron chi connectivity index (χ4n) is 2.54. The summed E-state index contributed by atoms with van der Waals surface area (Å²) in [7, 11) is 1.40. The number of nitrogens with one attached hydrogen (secondary N) is 1. The largest absolute Gasteiger partial charge is 0.496 e. The van der Waals surface area contributed by atoms with Gasteiger partial charge in [-0.2, -0.15) is 0 Å². The van der Waals surface area contributed by atoms with Gasteiger partial charge >= 0.3 is 5.97 Å². The topological polar surface area (TPSA) is 75.6 Å². The van der Waals surface area contributed by atoms with Crippen LogP contribution in [-0.4, -0.2) is 30.1 Å². The molecule has 1 amide bonds. The van der Waals surface area contributed by atoms with Crippen molar-refractivity contribution >= 4 is 11.9 Å². The third kappa shape index (κ3) is 5.60. The Kier molecular flexibility index (Phi) is 6.51. The van der Waals surface area contributed by atoms with E-state index in [1.807, 2.05) is 30.3 Å². The standard InChI is InChI=1S/C19H20FNO4/c1-25-17-9-7-14(20)12-16(17)19(24)21-15(8-10-18(22)23)11-13-5-3-2-4-6-13/h2-7,9,12,15H,8,10-11H2,1H3,(H,21,24)(H,22,23). The minimum atomic E-state index is -0.935. The van der Waals surface area contributed by atoms with Crippen LogP contribution in [0.2, 0.25) is 0 Å². The summed E-state index contributed by atoms with van der Waals surface area (Å²) in [5, 5.41) is 11.7. The summed E-state index contributed by atoms with van der Waals surface area (Å²) < 4.78 is 18.6. The summed E-state index contributed by atoms with van der Waals surface area (Å²) in [5.41, 5.74) is 1.06. The molecule has 5 nitrogen and oxygen atoms in total. The number of aliphatic carboxylic acids is 1. The summed E-state index contributed by atoms with van der Waals surface area (Å²) in [5.74, 6) is -1.72. The van der Waals surface area contributed by atoms with Gasteiger partial charge in [0.25, 0.3) is 5.91 Å². The van der Waals surface area contributed by atoms with Crippen molar-refractivity contribution in [3.8, 4) is 5.75 Å². The van der Waals surface area contributed by atoms with Crippen LogP contribution in [0.5, 0.6) is 5.75 Å². The lowest BCUT2D eigenvalue weighted by Crippen LogP contribution is -2.37. The second kappa shape index (κ2) is 8.82. The first kappa shape index (κ1) is 18.4. The van der Waals surface area contributed by atoms with E-state index in [1.54, 1.807) is 0 Å². The third-order valence-corrected chi connectivity index (χ3v) is 3.77. The number of carbonyl (C=O) groups is 2. The maximum atomic E-state index is 13.5. The second-order valence-corrected chi connectivity index (χ2v) is 5.64. The van der Waals surface area contributed by atoms with E-state index in [-0.39, 0.29) is 30.2 Å². The van der Waals surface area contributed by atoms with Crippen molar-refractivity contribution in [1.82, 2.24) is 5.32 Å². The summed E-state index contributed by atoms with van der Waals surface area (Å²) in [6.45, 7) is 0. The Labute approximate surface area is 145 Å². The molecule has 0 aliphatic carbocycles. The number of carbonyl (C=O) groups excluding carboxylic acids is 1. The summed E-state index contributed by atoms with van der Waals surface area (Å²) in [4.78, 5) is 23.4. The van der Waals surface area contributed by atoms with Crippen molar-refractivity contribution in [2.24, 2.45) is 0 Å². The van der Waals surface area contributed by atoms with Gasteiger partial charge in [0, 0.05) is 12.5 Å². The Hall–Kier alpha value is -2.89. The van der Waals surface area contributed by atoms with Crippen molar-refractivity contribution in [2.45, 2.75) is 25.3 Å². The van der Waals surface area contributed by atoms with E-state index in [0.717, 1.165) is 11.6 Å². The van der Waals surface area contributed by atoms with E-state index in [0.29, 0.717) is 6.42 Å². The molecular weight excluding hydrogens is 325 g/mol. The summed E-state index contributed by atoms with van der Waals surface area (Å²) in [6, 6.07) is 12.7. The Morgan fingerprint density at radius 1 is 1.20 bits per heavy atom. The molecule has 0 heterocycles. The van der Waals surface area contributed by atoms with Crippen molar-refractivity contribution in [3.63, 3.8) is 0 Å². The van der Waals surface area contributed by atoms with Crippen molar-refractivity contribution in [3.05, 3.63) is 65.5 Å². The number of methoxy groups -OCH3 is 1. The molecule has 0 saturated carbocycles. The number of hydrogen-bond donors (Lipinski definition) is 2. The molecule has 6 heteroatoms. The van der Waals surface area contributed by atoms with E-state index in [2.05, 4.69) is 5.32 Å². The second-order valence-electron chi connectivity index (χ2n) is 5.64. The average molecular weight is 345 g/mol. The van der Waals surface area contributed by atoms with Crippen molar-refractivity contribution < 1.29 is 23.8 Å². The summed E-state index contributed by atoms with van der Waals surface area (Å²) >= 11 is 0. The highest BCUT2D eigenvalue weighted by molar-refractivity contribution is 5.97. The number of benzene rings is 2. The Bertz CT molecular complexity index is 733. The van der Waals surface area contributed by atoms with Gasteiger partial charge in [0.05, 0.1) is 12.7 Å². The Morgan fingerprint density at radius 3 is 2.56 bits per heavy atom. The minimum absolute atomic E-state index is 0.0714. The lowest BCUT2D eigenvalue weighted by Gasteiger charge is -2.19. The molecular formula is C19H20FNO4. The Balaban J connectivity index is 2.15. The number of halogens is 1. The predicted molar refractivity (Wildman–Crippen MR) is 91.2 cm³/mol. The van der Waals surface area contributed by atoms with E-state index in [4.69, 9.17) is 9.84 Å². The van der Waals surface area contributed by atoms with Crippen LogP contribution in [-0.2, 0) is 11.2 Å². The van der Waals surface area contributed by atoms with Gasteiger partial charge in [-0.15, -0.1) is 0 Å². The molecule has 0 spiro atoms. The quantitative estimate of drug-likeness (QED) is 0.771. The maximum Gasteiger partial charge on any atom is 0.303 e. The molecule has 2 aromatic carbocycles. The number of ether oxygens (including phenoxy) is 1. The van der Waals surface area contributed by atoms with E-state index < -0.39 is 17.7 Å². The first-order valence-corrected chi connectivity index (χ1v) is 7.89. The van der Waals surface area contributed by atoms with Gasteiger partial charge in [-0.05, 0) is 36.6 Å². The van der Waals surface area contributed by atoms with E-state index in [1.165, 1.54) is 19.2 Å². The molecule has 0 aliphatic rings. The Morgan fingerprint density at radius 2 is 1.92 bits per heavy atom.